The minimum Gasteiger partial charge on any atom is -0.393 e. The largest absolute Gasteiger partial charge is 0.393 e. The maximum atomic E-state index is 9.38. The number of likely N-dealkylation sites (N-methyl/N-ethyl adjacent to an activating group) is 1. The minimum atomic E-state index is -0.406. The first-order valence-electron chi connectivity index (χ1n) is 3.98. The molecule has 0 aliphatic heterocycles. The zero-order chi connectivity index (χ0) is 9.07. The molecule has 0 spiro atoms. The molecule has 2 N–H and O–H groups in total. The molecule has 3 nitrogen and oxygen atoms in total. The molecule has 11 heavy (non-hydrogen) atoms. The van der Waals surface area contributed by atoms with Gasteiger partial charge in [0.2, 0.25) is 0 Å². The van der Waals surface area contributed by atoms with Crippen LogP contribution >= 0.6 is 0 Å². The predicted molar refractivity (Wildman–Crippen MR) is 45.2 cm³/mol. The van der Waals surface area contributed by atoms with Crippen molar-refractivity contribution in [3.8, 4) is 0 Å². The first kappa shape index (κ1) is 10.9. The molecule has 0 saturated carbocycles. The molecule has 0 aromatic rings. The summed E-state index contributed by atoms with van der Waals surface area (Å²) in [5, 5.41) is 18.3. The van der Waals surface area contributed by atoms with Crippen LogP contribution in [0.1, 0.15) is 13.3 Å². The Kier molecular flexibility index (Phi) is 4.00. The molecule has 0 aromatic heterocycles. The van der Waals surface area contributed by atoms with Crippen LogP contribution < -0.4 is 0 Å². The first-order chi connectivity index (χ1) is 4.81. The van der Waals surface area contributed by atoms with E-state index in [1.165, 1.54) is 0 Å². The van der Waals surface area contributed by atoms with Crippen LogP contribution in [-0.4, -0.2) is 54.6 Å². The van der Waals surface area contributed by atoms with Gasteiger partial charge in [-0.15, -0.1) is 0 Å². The van der Waals surface area contributed by atoms with Crippen LogP contribution in [0, 0.1) is 0 Å². The summed E-state index contributed by atoms with van der Waals surface area (Å²) < 4.78 is 0.730. The Balaban J connectivity index is 3.61. The fourth-order valence-electron chi connectivity index (χ4n) is 1.10. The second kappa shape index (κ2) is 4.04. The highest BCUT2D eigenvalue weighted by Crippen LogP contribution is 2.01. The number of aliphatic hydroxyl groups is 2. The van der Waals surface area contributed by atoms with Crippen molar-refractivity contribution in [2.45, 2.75) is 25.6 Å². The Morgan fingerprint density at radius 3 is 1.91 bits per heavy atom. The third-order valence-electron chi connectivity index (χ3n) is 1.37. The van der Waals surface area contributed by atoms with Crippen LogP contribution in [0.25, 0.3) is 0 Å². The van der Waals surface area contributed by atoms with E-state index in [0.29, 0.717) is 13.0 Å². The topological polar surface area (TPSA) is 40.5 Å². The molecular formula is C8H20NO2+. The zero-order valence-electron chi connectivity index (χ0n) is 7.91. The number of quaternary nitrogens is 1. The molecule has 0 bridgehead atoms. The summed E-state index contributed by atoms with van der Waals surface area (Å²) in [6.07, 6.45) is -0.332. The first-order valence-corrected chi connectivity index (χ1v) is 3.98. The third kappa shape index (κ3) is 7.78. The molecule has 2 atom stereocenters. The summed E-state index contributed by atoms with van der Waals surface area (Å²) in [7, 11) is 6.06. The van der Waals surface area contributed by atoms with Crippen molar-refractivity contribution in [2.75, 3.05) is 27.7 Å². The van der Waals surface area contributed by atoms with Gasteiger partial charge >= 0.3 is 0 Å². The zero-order valence-corrected chi connectivity index (χ0v) is 7.91. The van der Waals surface area contributed by atoms with E-state index in [4.69, 9.17) is 5.11 Å². The van der Waals surface area contributed by atoms with E-state index in [1.54, 1.807) is 6.92 Å². The van der Waals surface area contributed by atoms with Gasteiger partial charge in [-0.05, 0) is 6.92 Å². The van der Waals surface area contributed by atoms with Crippen LogP contribution in [0.5, 0.6) is 0 Å². The van der Waals surface area contributed by atoms with E-state index in [1.807, 2.05) is 21.1 Å². The SMILES string of the molecule is CC(O)CC(O)C[N+](C)(C)C. The van der Waals surface area contributed by atoms with E-state index in [0.717, 1.165) is 4.48 Å². The van der Waals surface area contributed by atoms with Crippen LogP contribution in [0.15, 0.2) is 0 Å². The Labute approximate surface area is 68.9 Å². The van der Waals surface area contributed by atoms with E-state index < -0.39 is 12.2 Å². The third-order valence-corrected chi connectivity index (χ3v) is 1.37. The summed E-state index contributed by atoms with van der Waals surface area (Å²) >= 11 is 0. The number of hydrogen-bond acceptors (Lipinski definition) is 2. The van der Waals surface area contributed by atoms with Crippen LogP contribution in [-0.2, 0) is 0 Å². The Bertz CT molecular complexity index is 107. The quantitative estimate of drug-likeness (QED) is 0.563. The van der Waals surface area contributed by atoms with Crippen molar-refractivity contribution in [1.29, 1.82) is 0 Å². The molecule has 0 rings (SSSR count). The van der Waals surface area contributed by atoms with E-state index >= 15 is 0 Å². The number of nitrogens with zero attached hydrogens (tertiary/aromatic N) is 1. The maximum Gasteiger partial charge on any atom is 0.105 e. The Morgan fingerprint density at radius 1 is 1.18 bits per heavy atom. The fraction of sp³-hybridized carbons (Fsp3) is 1.00. The van der Waals surface area contributed by atoms with E-state index in [2.05, 4.69) is 0 Å². The number of rotatable bonds is 4. The highest BCUT2D eigenvalue weighted by molar-refractivity contribution is 4.57. The lowest BCUT2D eigenvalue weighted by Gasteiger charge is -2.27. The van der Waals surface area contributed by atoms with Gasteiger partial charge in [-0.1, -0.05) is 0 Å². The molecular weight excluding hydrogens is 142 g/mol. The summed E-state index contributed by atoms with van der Waals surface area (Å²) in [4.78, 5) is 0. The lowest BCUT2D eigenvalue weighted by molar-refractivity contribution is -0.873. The molecule has 0 aliphatic carbocycles. The molecule has 0 saturated heterocycles. The van der Waals surface area contributed by atoms with Crippen molar-refractivity contribution in [1.82, 2.24) is 0 Å². The lowest BCUT2D eigenvalue weighted by atomic mass is 10.1. The fourth-order valence-corrected chi connectivity index (χ4v) is 1.10. The van der Waals surface area contributed by atoms with E-state index in [-0.39, 0.29) is 0 Å². The van der Waals surface area contributed by atoms with Crippen LogP contribution in [0.2, 0.25) is 0 Å². The highest BCUT2D eigenvalue weighted by atomic mass is 16.3. The van der Waals surface area contributed by atoms with Gasteiger partial charge in [0.1, 0.15) is 12.6 Å². The van der Waals surface area contributed by atoms with Gasteiger partial charge in [-0.2, -0.15) is 0 Å². The van der Waals surface area contributed by atoms with Gasteiger partial charge in [-0.3, -0.25) is 0 Å². The molecule has 68 valence electrons. The summed E-state index contributed by atoms with van der Waals surface area (Å²) in [6, 6.07) is 0. The monoisotopic (exact) mass is 162 g/mol. The minimum absolute atomic E-state index is 0.394. The lowest BCUT2D eigenvalue weighted by Crippen LogP contribution is -2.42. The van der Waals surface area contributed by atoms with E-state index in [9.17, 15) is 5.11 Å². The summed E-state index contributed by atoms with van der Waals surface area (Å²) in [6.45, 7) is 2.38. The van der Waals surface area contributed by atoms with Crippen molar-refractivity contribution in [3.05, 3.63) is 0 Å². The van der Waals surface area contributed by atoms with Crippen molar-refractivity contribution < 1.29 is 14.7 Å². The smallest absolute Gasteiger partial charge is 0.105 e. The molecule has 0 amide bonds. The molecule has 2 unspecified atom stereocenters. The number of hydrogen-bond donors (Lipinski definition) is 2. The normalized spacial score (nSPS) is 18.0. The van der Waals surface area contributed by atoms with Gasteiger partial charge < -0.3 is 14.7 Å². The molecule has 3 heteroatoms. The Morgan fingerprint density at radius 2 is 1.64 bits per heavy atom. The summed E-state index contributed by atoms with van der Waals surface area (Å²) in [5.41, 5.74) is 0. The standard InChI is InChI=1S/C8H20NO2/c1-7(10)5-8(11)6-9(2,3)4/h7-8,10-11H,5-6H2,1-4H3/q+1. The average molecular weight is 162 g/mol. The molecule has 0 aliphatic rings. The second-order valence-electron chi connectivity index (χ2n) is 4.21. The molecule has 0 aromatic carbocycles. The highest BCUT2D eigenvalue weighted by Gasteiger charge is 2.16. The van der Waals surface area contributed by atoms with Gasteiger partial charge in [-0.25, -0.2) is 0 Å². The molecule has 0 fully saturated rings. The van der Waals surface area contributed by atoms with Gasteiger partial charge in [0.05, 0.1) is 27.2 Å². The van der Waals surface area contributed by atoms with Crippen molar-refractivity contribution in [2.24, 2.45) is 0 Å². The number of aliphatic hydroxyl groups excluding tert-OH is 2. The van der Waals surface area contributed by atoms with Crippen molar-refractivity contribution >= 4 is 0 Å². The van der Waals surface area contributed by atoms with Gasteiger partial charge in [0.25, 0.3) is 0 Å². The van der Waals surface area contributed by atoms with Gasteiger partial charge in [0, 0.05) is 6.42 Å². The Hall–Kier alpha value is -0.120. The molecule has 0 radical (unpaired) electrons. The van der Waals surface area contributed by atoms with Crippen LogP contribution in [0.4, 0.5) is 0 Å². The van der Waals surface area contributed by atoms with Gasteiger partial charge in [0.15, 0.2) is 0 Å². The van der Waals surface area contributed by atoms with Crippen LogP contribution in [0.3, 0.4) is 0 Å². The average Bonchev–Trinajstić information content (AvgIpc) is 1.53. The second-order valence-corrected chi connectivity index (χ2v) is 4.21. The molecule has 0 heterocycles. The predicted octanol–water partition coefficient (Wildman–Crippen LogP) is -0.176. The maximum absolute atomic E-state index is 9.38. The van der Waals surface area contributed by atoms with Crippen molar-refractivity contribution in [3.63, 3.8) is 0 Å². The summed E-state index contributed by atoms with van der Waals surface area (Å²) in [5.74, 6) is 0.